The third-order valence-corrected chi connectivity index (χ3v) is 3.84. The van der Waals surface area contributed by atoms with Crippen LogP contribution in [0.1, 0.15) is 0 Å². The van der Waals surface area contributed by atoms with Gasteiger partial charge in [-0.3, -0.25) is 0 Å². The molecule has 0 spiro atoms. The maximum atomic E-state index is 13.6. The van der Waals surface area contributed by atoms with Gasteiger partial charge in [-0.1, -0.05) is 24.3 Å². The quantitative estimate of drug-likeness (QED) is 0.671. The lowest BCUT2D eigenvalue weighted by Crippen LogP contribution is -1.84. The number of aromatic nitrogens is 2. The first-order valence-electron chi connectivity index (χ1n) is 4.92. The summed E-state index contributed by atoms with van der Waals surface area (Å²) in [4.78, 5) is 4.26. The second-order valence-corrected chi connectivity index (χ2v) is 4.97. The third kappa shape index (κ3) is 1.85. The summed E-state index contributed by atoms with van der Waals surface area (Å²) >= 11 is 4.51. The predicted molar refractivity (Wildman–Crippen MR) is 70.5 cm³/mol. The molecule has 0 N–H and O–H groups in total. The van der Waals surface area contributed by atoms with Gasteiger partial charge < -0.3 is 0 Å². The van der Waals surface area contributed by atoms with E-state index in [-0.39, 0.29) is 5.82 Å². The second-order valence-electron chi connectivity index (χ2n) is 3.51. The number of benzene rings is 2. The van der Waals surface area contributed by atoms with Crippen LogP contribution in [0.25, 0.3) is 21.3 Å². The van der Waals surface area contributed by atoms with Crippen molar-refractivity contribution < 1.29 is 4.39 Å². The zero-order valence-electron chi connectivity index (χ0n) is 8.52. The normalized spacial score (nSPS) is 10.9. The van der Waals surface area contributed by atoms with Crippen molar-refractivity contribution in [3.63, 3.8) is 0 Å². The highest BCUT2D eigenvalue weighted by atomic mass is 79.9. The molecule has 0 bridgehead atoms. The molecule has 17 heavy (non-hydrogen) atoms. The maximum Gasteiger partial charge on any atom is 0.209 e. The molecule has 1 aromatic heterocycles. The molecule has 0 radical (unpaired) electrons. The molecule has 3 rings (SSSR count). The van der Waals surface area contributed by atoms with Crippen LogP contribution >= 0.6 is 27.5 Å². The molecule has 0 fully saturated rings. The molecule has 0 unspecified atom stereocenters. The van der Waals surface area contributed by atoms with E-state index >= 15 is 0 Å². The van der Waals surface area contributed by atoms with Gasteiger partial charge in [0.25, 0.3) is 0 Å². The van der Waals surface area contributed by atoms with E-state index in [0.717, 1.165) is 16.0 Å². The van der Waals surface area contributed by atoms with E-state index < -0.39 is 0 Å². The van der Waals surface area contributed by atoms with Crippen molar-refractivity contribution in [3.05, 3.63) is 46.9 Å². The molecule has 0 aliphatic rings. The molecule has 3 aromatic rings. The fourth-order valence-corrected chi connectivity index (χ4v) is 2.88. The Balaban J connectivity index is 2.34. The minimum absolute atomic E-state index is 0.215. The van der Waals surface area contributed by atoms with Crippen molar-refractivity contribution in [3.8, 4) is 10.6 Å². The first kappa shape index (κ1) is 10.8. The van der Waals surface area contributed by atoms with E-state index in [9.17, 15) is 4.39 Å². The van der Waals surface area contributed by atoms with Crippen LogP contribution in [-0.4, -0.2) is 9.36 Å². The Morgan fingerprint density at radius 2 is 1.82 bits per heavy atom. The standard InChI is InChI=1S/C12H6BrFN2S/c13-12-15-11(17-16-12)9-5-6-10(14)8-4-2-1-3-7(8)9/h1-6H. The summed E-state index contributed by atoms with van der Waals surface area (Å²) < 4.78 is 18.3. The lowest BCUT2D eigenvalue weighted by molar-refractivity contribution is 0.640. The van der Waals surface area contributed by atoms with Gasteiger partial charge in [-0.05, 0) is 45.0 Å². The molecule has 5 heteroatoms. The summed E-state index contributed by atoms with van der Waals surface area (Å²) in [5.41, 5.74) is 0.908. The van der Waals surface area contributed by atoms with Crippen LogP contribution in [0, 0.1) is 5.82 Å². The van der Waals surface area contributed by atoms with Gasteiger partial charge in [0.05, 0.1) is 0 Å². The summed E-state index contributed by atoms with van der Waals surface area (Å²) in [5.74, 6) is -0.215. The molecule has 0 amide bonds. The van der Waals surface area contributed by atoms with Gasteiger partial charge in [-0.15, -0.1) is 0 Å². The molecule has 0 saturated carbocycles. The first-order chi connectivity index (χ1) is 8.25. The molecular formula is C12H6BrFN2S. The molecule has 84 valence electrons. The highest BCUT2D eigenvalue weighted by Gasteiger charge is 2.10. The lowest BCUT2D eigenvalue weighted by Gasteiger charge is -2.03. The number of fused-ring (bicyclic) bond motifs is 1. The van der Waals surface area contributed by atoms with Crippen molar-refractivity contribution in [2.24, 2.45) is 0 Å². The van der Waals surface area contributed by atoms with Crippen molar-refractivity contribution >= 4 is 38.2 Å². The molecule has 0 aliphatic heterocycles. The van der Waals surface area contributed by atoms with Crippen LogP contribution in [0.15, 0.2) is 41.1 Å². The van der Waals surface area contributed by atoms with Crippen LogP contribution in [-0.2, 0) is 0 Å². The summed E-state index contributed by atoms with van der Waals surface area (Å²) in [7, 11) is 0. The van der Waals surface area contributed by atoms with Crippen molar-refractivity contribution in [2.45, 2.75) is 0 Å². The van der Waals surface area contributed by atoms with Crippen LogP contribution in [0.5, 0.6) is 0 Å². The van der Waals surface area contributed by atoms with Crippen LogP contribution in [0.2, 0.25) is 0 Å². The molecule has 1 heterocycles. The number of nitrogens with zero attached hydrogens (tertiary/aromatic N) is 2. The first-order valence-corrected chi connectivity index (χ1v) is 6.49. The summed E-state index contributed by atoms with van der Waals surface area (Å²) in [6, 6.07) is 10.6. The zero-order valence-corrected chi connectivity index (χ0v) is 10.9. The second kappa shape index (κ2) is 4.16. The van der Waals surface area contributed by atoms with Gasteiger partial charge in [0.15, 0.2) is 0 Å². The third-order valence-electron chi connectivity index (χ3n) is 2.50. The molecule has 0 saturated heterocycles. The minimum atomic E-state index is -0.215. The summed E-state index contributed by atoms with van der Waals surface area (Å²) in [6.45, 7) is 0. The Hall–Kier alpha value is -1.33. The number of hydrogen-bond donors (Lipinski definition) is 0. The van der Waals surface area contributed by atoms with E-state index in [1.807, 2.05) is 18.2 Å². The van der Waals surface area contributed by atoms with E-state index in [4.69, 9.17) is 0 Å². The highest BCUT2D eigenvalue weighted by Crippen LogP contribution is 2.31. The molecular weight excluding hydrogens is 303 g/mol. The summed E-state index contributed by atoms with van der Waals surface area (Å²) in [5, 5.41) is 2.25. The van der Waals surface area contributed by atoms with Crippen molar-refractivity contribution in [1.82, 2.24) is 9.36 Å². The Morgan fingerprint density at radius 3 is 2.53 bits per heavy atom. The average molecular weight is 309 g/mol. The van der Waals surface area contributed by atoms with Gasteiger partial charge in [-0.2, -0.15) is 4.37 Å². The Labute approximate surface area is 109 Å². The molecule has 2 aromatic carbocycles. The fraction of sp³-hybridized carbons (Fsp3) is 0. The molecule has 0 aliphatic carbocycles. The van der Waals surface area contributed by atoms with E-state index in [0.29, 0.717) is 10.1 Å². The monoisotopic (exact) mass is 308 g/mol. The lowest BCUT2D eigenvalue weighted by atomic mass is 10.0. The minimum Gasteiger partial charge on any atom is -0.209 e. The smallest absolute Gasteiger partial charge is 0.209 e. The fourth-order valence-electron chi connectivity index (χ4n) is 1.76. The Kier molecular flexibility index (Phi) is 2.64. The zero-order chi connectivity index (χ0) is 11.8. The van der Waals surface area contributed by atoms with Gasteiger partial charge >= 0.3 is 0 Å². The SMILES string of the molecule is Fc1ccc(-c2nc(Br)ns2)c2ccccc12. The van der Waals surface area contributed by atoms with E-state index in [1.165, 1.54) is 17.6 Å². The highest BCUT2D eigenvalue weighted by molar-refractivity contribution is 9.10. The Bertz CT molecular complexity index is 696. The van der Waals surface area contributed by atoms with E-state index in [1.54, 1.807) is 12.1 Å². The van der Waals surface area contributed by atoms with Gasteiger partial charge in [-0.25, -0.2) is 9.37 Å². The average Bonchev–Trinajstić information content (AvgIpc) is 2.77. The van der Waals surface area contributed by atoms with Gasteiger partial charge in [0, 0.05) is 10.9 Å². The van der Waals surface area contributed by atoms with Crippen molar-refractivity contribution in [2.75, 3.05) is 0 Å². The van der Waals surface area contributed by atoms with E-state index in [2.05, 4.69) is 25.3 Å². The number of halogens is 2. The number of hydrogen-bond acceptors (Lipinski definition) is 3. The summed E-state index contributed by atoms with van der Waals surface area (Å²) in [6.07, 6.45) is 0. The largest absolute Gasteiger partial charge is 0.209 e. The van der Waals surface area contributed by atoms with Crippen LogP contribution in [0.4, 0.5) is 4.39 Å². The number of rotatable bonds is 1. The Morgan fingerprint density at radius 1 is 1.06 bits per heavy atom. The van der Waals surface area contributed by atoms with Crippen LogP contribution < -0.4 is 0 Å². The maximum absolute atomic E-state index is 13.6. The molecule has 0 atom stereocenters. The van der Waals surface area contributed by atoms with Gasteiger partial charge in [0.1, 0.15) is 10.8 Å². The van der Waals surface area contributed by atoms with Crippen LogP contribution in [0.3, 0.4) is 0 Å². The van der Waals surface area contributed by atoms with Gasteiger partial charge in [0.2, 0.25) is 4.73 Å². The topological polar surface area (TPSA) is 25.8 Å². The van der Waals surface area contributed by atoms with Crippen molar-refractivity contribution in [1.29, 1.82) is 0 Å². The molecule has 2 nitrogen and oxygen atoms in total. The predicted octanol–water partition coefficient (Wildman–Crippen LogP) is 4.26.